The molecular weight excluding hydrogens is 304 g/mol. The highest BCUT2D eigenvalue weighted by atomic mass is 32.2. The number of aliphatic carboxylic acids is 1. The maximum Gasteiger partial charge on any atom is 0.326 e. The summed E-state index contributed by atoms with van der Waals surface area (Å²) in [6, 6.07) is -2.76. The van der Waals surface area contributed by atoms with Crippen LogP contribution in [0.25, 0.3) is 0 Å². The molecule has 21 heavy (non-hydrogen) atoms. The number of carboxylic acid groups (broad SMARTS) is 1. The van der Waals surface area contributed by atoms with Crippen LogP contribution in [0.2, 0.25) is 0 Å². The van der Waals surface area contributed by atoms with Gasteiger partial charge in [-0.05, 0) is 13.3 Å². The fraction of sp³-hybridized carbons (Fsp3) is 0.727. The second-order valence-corrected chi connectivity index (χ2v) is 6.80. The standard InChI is InChI=1S/C11H20N2O7S/c1-7(6-21(3,18)19)12-11(17)13-8(10(15)16)4-5-9(14)20-2/h7-8H,4-6H2,1-3H3,(H,15,16)(H2,12,13,17)/t7?,8-/m1/s1. The second kappa shape index (κ2) is 8.45. The van der Waals surface area contributed by atoms with Gasteiger partial charge in [0.05, 0.1) is 12.9 Å². The Morgan fingerprint density at radius 2 is 1.81 bits per heavy atom. The van der Waals surface area contributed by atoms with E-state index in [1.807, 2.05) is 0 Å². The third-order valence-corrected chi connectivity index (χ3v) is 3.50. The van der Waals surface area contributed by atoms with Crippen molar-refractivity contribution >= 4 is 27.8 Å². The van der Waals surface area contributed by atoms with Gasteiger partial charge in [-0.2, -0.15) is 0 Å². The number of ether oxygens (including phenoxy) is 1. The summed E-state index contributed by atoms with van der Waals surface area (Å²) in [5, 5.41) is 13.4. The zero-order valence-electron chi connectivity index (χ0n) is 12.1. The molecule has 0 aliphatic rings. The highest BCUT2D eigenvalue weighted by Crippen LogP contribution is 2.00. The molecule has 0 bridgehead atoms. The minimum absolute atomic E-state index is 0.129. The highest BCUT2D eigenvalue weighted by molar-refractivity contribution is 7.90. The average molecular weight is 324 g/mol. The number of rotatable bonds is 8. The van der Waals surface area contributed by atoms with Crippen LogP contribution < -0.4 is 10.6 Å². The van der Waals surface area contributed by atoms with Crippen molar-refractivity contribution in [3.63, 3.8) is 0 Å². The smallest absolute Gasteiger partial charge is 0.326 e. The van der Waals surface area contributed by atoms with Gasteiger partial charge in [-0.15, -0.1) is 0 Å². The number of sulfone groups is 1. The first kappa shape index (κ1) is 19.2. The number of amides is 2. The highest BCUT2D eigenvalue weighted by Gasteiger charge is 2.22. The molecule has 1 unspecified atom stereocenters. The molecule has 0 aromatic heterocycles. The van der Waals surface area contributed by atoms with Gasteiger partial charge < -0.3 is 20.5 Å². The number of hydrogen-bond donors (Lipinski definition) is 3. The molecule has 122 valence electrons. The molecular formula is C11H20N2O7S. The molecule has 0 saturated heterocycles. The zero-order valence-corrected chi connectivity index (χ0v) is 12.9. The molecule has 0 aliphatic heterocycles. The fourth-order valence-electron chi connectivity index (χ4n) is 1.54. The van der Waals surface area contributed by atoms with Gasteiger partial charge in [0.1, 0.15) is 15.9 Å². The SMILES string of the molecule is COC(=O)CC[C@@H](NC(=O)NC(C)CS(C)(=O)=O)C(=O)O. The molecule has 0 heterocycles. The molecule has 0 aromatic rings. The molecule has 0 fully saturated rings. The van der Waals surface area contributed by atoms with Crippen molar-refractivity contribution in [2.45, 2.75) is 31.8 Å². The van der Waals surface area contributed by atoms with Gasteiger partial charge in [0.25, 0.3) is 0 Å². The topological polar surface area (TPSA) is 139 Å². The lowest BCUT2D eigenvalue weighted by Crippen LogP contribution is -2.49. The van der Waals surface area contributed by atoms with E-state index in [1.54, 1.807) is 0 Å². The Balaban J connectivity index is 4.41. The lowest BCUT2D eigenvalue weighted by molar-refractivity contribution is -0.142. The minimum Gasteiger partial charge on any atom is -0.480 e. The first-order valence-corrected chi connectivity index (χ1v) is 8.15. The lowest BCUT2D eigenvalue weighted by atomic mass is 10.1. The predicted molar refractivity (Wildman–Crippen MR) is 73.5 cm³/mol. The zero-order chi connectivity index (χ0) is 16.6. The van der Waals surface area contributed by atoms with Crippen LogP contribution in [-0.4, -0.2) is 62.7 Å². The summed E-state index contributed by atoms with van der Waals surface area (Å²) in [5.74, 6) is -2.15. The number of nitrogens with one attached hydrogen (secondary N) is 2. The summed E-state index contributed by atoms with van der Waals surface area (Å²) in [5.41, 5.74) is 0. The molecule has 10 heteroatoms. The van der Waals surface area contributed by atoms with Gasteiger partial charge >= 0.3 is 18.0 Å². The molecule has 0 rings (SSSR count). The van der Waals surface area contributed by atoms with Crippen LogP contribution in [0.4, 0.5) is 4.79 Å². The van der Waals surface area contributed by atoms with Crippen LogP contribution in [0.15, 0.2) is 0 Å². The van der Waals surface area contributed by atoms with Crippen LogP contribution in [-0.2, 0) is 24.2 Å². The number of hydrogen-bond acceptors (Lipinski definition) is 6. The first-order chi connectivity index (χ1) is 9.55. The third kappa shape index (κ3) is 9.66. The Morgan fingerprint density at radius 3 is 2.24 bits per heavy atom. The molecule has 9 nitrogen and oxygen atoms in total. The summed E-state index contributed by atoms with van der Waals surface area (Å²) < 4.78 is 26.5. The van der Waals surface area contributed by atoms with Crippen molar-refractivity contribution in [2.24, 2.45) is 0 Å². The van der Waals surface area contributed by atoms with Crippen LogP contribution in [0.3, 0.4) is 0 Å². The Labute approximate surface area is 123 Å². The van der Waals surface area contributed by atoms with E-state index in [2.05, 4.69) is 15.4 Å². The van der Waals surface area contributed by atoms with Gasteiger partial charge in [-0.25, -0.2) is 18.0 Å². The number of carbonyl (C=O) groups is 3. The van der Waals surface area contributed by atoms with Gasteiger partial charge in [0, 0.05) is 18.7 Å². The van der Waals surface area contributed by atoms with Crippen molar-refractivity contribution in [3.05, 3.63) is 0 Å². The van der Waals surface area contributed by atoms with Crippen LogP contribution in [0, 0.1) is 0 Å². The molecule has 2 atom stereocenters. The summed E-state index contributed by atoms with van der Waals surface area (Å²) in [6.07, 6.45) is 0.738. The van der Waals surface area contributed by atoms with E-state index in [1.165, 1.54) is 14.0 Å². The maximum absolute atomic E-state index is 11.6. The van der Waals surface area contributed by atoms with E-state index >= 15 is 0 Å². The number of carbonyl (C=O) groups excluding carboxylic acids is 2. The van der Waals surface area contributed by atoms with E-state index in [4.69, 9.17) is 5.11 Å². The second-order valence-electron chi connectivity index (χ2n) is 4.62. The van der Waals surface area contributed by atoms with E-state index in [9.17, 15) is 22.8 Å². The van der Waals surface area contributed by atoms with Crippen molar-refractivity contribution in [1.82, 2.24) is 10.6 Å². The maximum atomic E-state index is 11.6. The van der Waals surface area contributed by atoms with E-state index in [0.29, 0.717) is 0 Å². The fourth-order valence-corrected chi connectivity index (χ4v) is 2.53. The van der Waals surface area contributed by atoms with E-state index in [-0.39, 0.29) is 18.6 Å². The van der Waals surface area contributed by atoms with Crippen LogP contribution in [0.5, 0.6) is 0 Å². The molecule has 2 amide bonds. The Hall–Kier alpha value is -1.84. The van der Waals surface area contributed by atoms with Crippen molar-refractivity contribution in [2.75, 3.05) is 19.1 Å². The van der Waals surface area contributed by atoms with Gasteiger partial charge in [-0.3, -0.25) is 4.79 Å². The summed E-state index contributed by atoms with van der Waals surface area (Å²) in [6.45, 7) is 1.48. The average Bonchev–Trinajstić information content (AvgIpc) is 2.30. The van der Waals surface area contributed by atoms with E-state index in [0.717, 1.165) is 6.26 Å². The molecule has 0 aliphatic carbocycles. The number of urea groups is 1. The Bertz CT molecular complexity index is 489. The third-order valence-electron chi connectivity index (χ3n) is 2.40. The van der Waals surface area contributed by atoms with Crippen molar-refractivity contribution in [1.29, 1.82) is 0 Å². The number of methoxy groups -OCH3 is 1. The Kier molecular flexibility index (Phi) is 7.71. The van der Waals surface area contributed by atoms with Crippen molar-refractivity contribution < 1.29 is 32.6 Å². The predicted octanol–water partition coefficient (Wildman–Crippen LogP) is -0.875. The van der Waals surface area contributed by atoms with Gasteiger partial charge in [0.2, 0.25) is 0 Å². The van der Waals surface area contributed by atoms with E-state index < -0.39 is 39.9 Å². The largest absolute Gasteiger partial charge is 0.480 e. The number of esters is 1. The van der Waals surface area contributed by atoms with Gasteiger partial charge in [-0.1, -0.05) is 0 Å². The molecule has 3 N–H and O–H groups in total. The Morgan fingerprint density at radius 1 is 1.24 bits per heavy atom. The van der Waals surface area contributed by atoms with Crippen LogP contribution in [0.1, 0.15) is 19.8 Å². The summed E-state index contributed by atoms with van der Waals surface area (Å²) >= 11 is 0. The molecule has 0 radical (unpaired) electrons. The summed E-state index contributed by atoms with van der Waals surface area (Å²) in [4.78, 5) is 33.5. The minimum atomic E-state index is -3.26. The molecule has 0 aromatic carbocycles. The normalized spacial score (nSPS) is 13.9. The molecule has 0 spiro atoms. The first-order valence-electron chi connectivity index (χ1n) is 6.09. The summed E-state index contributed by atoms with van der Waals surface area (Å²) in [7, 11) is -2.09. The molecule has 0 saturated carbocycles. The van der Waals surface area contributed by atoms with Gasteiger partial charge in [0.15, 0.2) is 0 Å². The van der Waals surface area contributed by atoms with Crippen molar-refractivity contribution in [3.8, 4) is 0 Å². The monoisotopic (exact) mass is 324 g/mol. The lowest BCUT2D eigenvalue weighted by Gasteiger charge is -2.17. The quantitative estimate of drug-likeness (QED) is 0.493. The number of carboxylic acids is 1. The van der Waals surface area contributed by atoms with Crippen LogP contribution >= 0.6 is 0 Å².